The normalized spacial score (nSPS) is 11.1. The molecule has 8 heteroatoms. The van der Waals surface area contributed by atoms with E-state index in [1.54, 1.807) is 26.0 Å². The number of hydrogen-bond acceptors (Lipinski definition) is 2. The van der Waals surface area contributed by atoms with Gasteiger partial charge in [-0.05, 0) is 37.6 Å². The summed E-state index contributed by atoms with van der Waals surface area (Å²) >= 11 is 0. The van der Waals surface area contributed by atoms with Gasteiger partial charge in [-0.15, -0.1) is 0 Å². The van der Waals surface area contributed by atoms with E-state index in [0.717, 1.165) is 5.56 Å². The molecule has 0 aliphatic heterocycles. The number of rotatable bonds is 3. The molecule has 1 aromatic heterocycles. The Morgan fingerprint density at radius 1 is 0.958 bits per heavy atom. The Morgan fingerprint density at radius 2 is 1.50 bits per heavy atom. The van der Waals surface area contributed by atoms with Gasteiger partial charge in [-0.25, -0.2) is 26.9 Å². The van der Waals surface area contributed by atoms with Gasteiger partial charge in [0, 0.05) is 11.8 Å². The Bertz CT molecular complexity index is 800. The minimum Gasteiger partial charge on any atom is -0.307 e. The molecule has 0 fully saturated rings. The summed E-state index contributed by atoms with van der Waals surface area (Å²) in [4.78, 5) is 15.7. The van der Waals surface area contributed by atoms with Crippen LogP contribution in [0.5, 0.6) is 0 Å². The largest absolute Gasteiger partial charge is 0.307 e. The molecule has 0 aliphatic rings. The molecule has 1 aromatic carbocycles. The van der Waals surface area contributed by atoms with E-state index in [9.17, 15) is 26.7 Å². The van der Waals surface area contributed by atoms with E-state index < -0.39 is 40.6 Å². The van der Waals surface area contributed by atoms with Crippen molar-refractivity contribution in [1.29, 1.82) is 0 Å². The van der Waals surface area contributed by atoms with Crippen LogP contribution in [0.2, 0.25) is 0 Å². The number of nitrogens with one attached hydrogen (secondary N) is 1. The monoisotopic (exact) mass is 342 g/mol. The van der Waals surface area contributed by atoms with E-state index in [0.29, 0.717) is 17.8 Å². The van der Waals surface area contributed by atoms with E-state index in [2.05, 4.69) is 10.3 Å². The molecule has 0 saturated carbocycles. The van der Waals surface area contributed by atoms with Gasteiger partial charge in [0.1, 0.15) is 5.82 Å². The lowest BCUT2D eigenvalue weighted by molar-refractivity contribution is -0.111. The van der Waals surface area contributed by atoms with Crippen LogP contribution in [0.25, 0.3) is 6.08 Å². The maximum Gasteiger partial charge on any atom is 0.249 e. The third-order valence-corrected chi connectivity index (χ3v) is 2.99. The fourth-order valence-electron chi connectivity index (χ4n) is 2.00. The number of aromatic nitrogens is 1. The van der Waals surface area contributed by atoms with Crippen molar-refractivity contribution < 1.29 is 26.7 Å². The first-order chi connectivity index (χ1) is 11.2. The molecular weight excluding hydrogens is 331 g/mol. The Kier molecular flexibility index (Phi) is 4.96. The van der Waals surface area contributed by atoms with Crippen LogP contribution in [0.4, 0.5) is 27.8 Å². The van der Waals surface area contributed by atoms with Crippen molar-refractivity contribution >= 4 is 17.8 Å². The van der Waals surface area contributed by atoms with Gasteiger partial charge >= 0.3 is 0 Å². The number of aryl methyl sites for hydroxylation is 2. The number of halogens is 5. The summed E-state index contributed by atoms with van der Waals surface area (Å²) in [5.41, 5.74) is 0.255. The standard InChI is InChI=1S/C16H11F5N2O/c1-7-5-8(2)22-10(6-7)23-11(24)4-3-9-12(17)14(19)16(21)15(20)13(9)18/h3-6H,1-2H3,(H,22,23,24)/b4-3+. The highest BCUT2D eigenvalue weighted by Gasteiger charge is 2.24. The first-order valence-electron chi connectivity index (χ1n) is 6.66. The average Bonchev–Trinajstić information content (AvgIpc) is 2.50. The lowest BCUT2D eigenvalue weighted by Gasteiger charge is -2.05. The molecule has 0 saturated heterocycles. The number of benzene rings is 1. The van der Waals surface area contributed by atoms with Crippen LogP contribution < -0.4 is 5.32 Å². The van der Waals surface area contributed by atoms with Crippen molar-refractivity contribution in [3.63, 3.8) is 0 Å². The highest BCUT2D eigenvalue weighted by Crippen LogP contribution is 2.24. The van der Waals surface area contributed by atoms with Crippen LogP contribution in [0.3, 0.4) is 0 Å². The first kappa shape index (κ1) is 17.6. The molecular formula is C16H11F5N2O. The zero-order chi connectivity index (χ0) is 18.0. The van der Waals surface area contributed by atoms with Gasteiger partial charge in [0.05, 0.1) is 5.56 Å². The van der Waals surface area contributed by atoms with Crippen LogP contribution in [0.1, 0.15) is 16.8 Å². The lowest BCUT2D eigenvalue weighted by Crippen LogP contribution is -2.10. The van der Waals surface area contributed by atoms with Crippen molar-refractivity contribution in [2.45, 2.75) is 13.8 Å². The molecule has 126 valence electrons. The lowest BCUT2D eigenvalue weighted by atomic mass is 10.1. The van der Waals surface area contributed by atoms with Gasteiger partial charge in [0.2, 0.25) is 11.7 Å². The van der Waals surface area contributed by atoms with Gasteiger partial charge in [-0.3, -0.25) is 4.79 Å². The van der Waals surface area contributed by atoms with Gasteiger partial charge < -0.3 is 5.32 Å². The summed E-state index contributed by atoms with van der Waals surface area (Å²) in [6, 6.07) is 3.32. The van der Waals surface area contributed by atoms with Gasteiger partial charge in [-0.2, -0.15) is 0 Å². The third kappa shape index (κ3) is 3.58. The molecule has 24 heavy (non-hydrogen) atoms. The van der Waals surface area contributed by atoms with Crippen LogP contribution in [-0.4, -0.2) is 10.9 Å². The third-order valence-electron chi connectivity index (χ3n) is 2.99. The second-order valence-corrected chi connectivity index (χ2v) is 4.98. The molecule has 3 nitrogen and oxygen atoms in total. The second kappa shape index (κ2) is 6.77. The molecule has 0 atom stereocenters. The molecule has 0 spiro atoms. The Morgan fingerprint density at radius 3 is 2.04 bits per heavy atom. The van der Waals surface area contributed by atoms with Gasteiger partial charge in [0.15, 0.2) is 23.3 Å². The zero-order valence-electron chi connectivity index (χ0n) is 12.6. The van der Waals surface area contributed by atoms with E-state index in [-0.39, 0.29) is 5.82 Å². The van der Waals surface area contributed by atoms with Crippen LogP contribution in [0.15, 0.2) is 18.2 Å². The first-order valence-corrected chi connectivity index (χ1v) is 6.66. The van der Waals surface area contributed by atoms with Crippen LogP contribution in [0, 0.1) is 42.9 Å². The number of pyridine rings is 1. The minimum atomic E-state index is -2.26. The van der Waals surface area contributed by atoms with E-state index in [1.807, 2.05) is 0 Å². The summed E-state index contributed by atoms with van der Waals surface area (Å²) < 4.78 is 66.0. The zero-order valence-corrected chi connectivity index (χ0v) is 12.6. The van der Waals surface area contributed by atoms with Crippen molar-refractivity contribution in [1.82, 2.24) is 4.98 Å². The molecule has 0 aliphatic carbocycles. The van der Waals surface area contributed by atoms with E-state index >= 15 is 0 Å². The number of nitrogens with zero attached hydrogens (tertiary/aromatic N) is 1. The van der Waals surface area contributed by atoms with Crippen LogP contribution in [-0.2, 0) is 4.79 Å². The highest BCUT2D eigenvalue weighted by atomic mass is 19.2. The summed E-state index contributed by atoms with van der Waals surface area (Å²) in [5.74, 6) is -11.1. The van der Waals surface area contributed by atoms with Gasteiger partial charge in [-0.1, -0.05) is 0 Å². The SMILES string of the molecule is Cc1cc(C)nc(NC(=O)/C=C/c2c(F)c(F)c(F)c(F)c2F)c1. The number of carbonyl (C=O) groups excluding carboxylic acids is 1. The van der Waals surface area contributed by atoms with Crippen molar-refractivity contribution in [3.05, 3.63) is 64.1 Å². The Hall–Kier alpha value is -2.77. The Labute approximate surface area is 133 Å². The summed E-state index contributed by atoms with van der Waals surface area (Å²) in [6.45, 7) is 3.47. The second-order valence-electron chi connectivity index (χ2n) is 4.98. The average molecular weight is 342 g/mol. The maximum absolute atomic E-state index is 13.5. The van der Waals surface area contributed by atoms with Gasteiger partial charge in [0.25, 0.3) is 0 Å². The fraction of sp³-hybridized carbons (Fsp3) is 0.125. The van der Waals surface area contributed by atoms with E-state index in [4.69, 9.17) is 0 Å². The molecule has 1 N–H and O–H groups in total. The number of anilines is 1. The minimum absolute atomic E-state index is 0.194. The predicted molar refractivity (Wildman–Crippen MR) is 77.6 cm³/mol. The van der Waals surface area contributed by atoms with Crippen LogP contribution >= 0.6 is 0 Å². The van der Waals surface area contributed by atoms with Crippen molar-refractivity contribution in [2.24, 2.45) is 0 Å². The fourth-order valence-corrected chi connectivity index (χ4v) is 2.00. The molecule has 2 rings (SSSR count). The molecule has 0 unspecified atom stereocenters. The number of carbonyl (C=O) groups is 1. The predicted octanol–water partition coefficient (Wildman–Crippen LogP) is 4.05. The van der Waals surface area contributed by atoms with Crippen molar-refractivity contribution in [2.75, 3.05) is 5.32 Å². The van der Waals surface area contributed by atoms with E-state index in [1.165, 1.54) is 0 Å². The molecule has 1 amide bonds. The summed E-state index contributed by atoms with van der Waals surface area (Å²) in [7, 11) is 0. The maximum atomic E-state index is 13.5. The molecule has 2 aromatic rings. The Balaban J connectivity index is 2.26. The number of amides is 1. The quantitative estimate of drug-likeness (QED) is 0.396. The molecule has 0 radical (unpaired) electrons. The van der Waals surface area contributed by atoms with Crippen molar-refractivity contribution in [3.8, 4) is 0 Å². The summed E-state index contributed by atoms with van der Waals surface area (Å²) in [5, 5.41) is 2.33. The highest BCUT2D eigenvalue weighted by molar-refractivity contribution is 6.01. The molecule has 1 heterocycles. The topological polar surface area (TPSA) is 42.0 Å². The molecule has 0 bridgehead atoms. The number of hydrogen-bond donors (Lipinski definition) is 1. The summed E-state index contributed by atoms with van der Waals surface area (Å²) in [6.07, 6.45) is 1.16. The smallest absolute Gasteiger partial charge is 0.249 e.